The van der Waals surface area contributed by atoms with Crippen LogP contribution in [-0.2, 0) is 14.3 Å². The molecule has 0 aromatic heterocycles. The van der Waals surface area contributed by atoms with Crippen molar-refractivity contribution in [3.63, 3.8) is 0 Å². The van der Waals surface area contributed by atoms with Gasteiger partial charge < -0.3 is 10.1 Å². The zero-order valence-corrected chi connectivity index (χ0v) is 7.63. The van der Waals surface area contributed by atoms with Gasteiger partial charge in [0.1, 0.15) is 5.41 Å². The van der Waals surface area contributed by atoms with Gasteiger partial charge in [0.05, 0.1) is 6.61 Å². The van der Waals surface area contributed by atoms with Gasteiger partial charge >= 0.3 is 5.97 Å². The molecular formula is C9H13NO3. The van der Waals surface area contributed by atoms with Crippen LogP contribution in [0.2, 0.25) is 0 Å². The maximum atomic E-state index is 11.6. The summed E-state index contributed by atoms with van der Waals surface area (Å²) >= 11 is 0. The first-order chi connectivity index (χ1) is 6.19. The number of fused-ring (bicyclic) bond motifs is 2. The summed E-state index contributed by atoms with van der Waals surface area (Å²) in [4.78, 5) is 23.0. The Kier molecular flexibility index (Phi) is 1.78. The average molecular weight is 183 g/mol. The van der Waals surface area contributed by atoms with Gasteiger partial charge in [-0.25, -0.2) is 0 Å². The molecule has 0 radical (unpaired) electrons. The lowest BCUT2D eigenvalue weighted by molar-refractivity contribution is -0.159. The summed E-state index contributed by atoms with van der Waals surface area (Å²) in [5.74, 6) is -0.477. The van der Waals surface area contributed by atoms with E-state index in [1.54, 1.807) is 6.92 Å². The summed E-state index contributed by atoms with van der Waals surface area (Å²) in [5.41, 5.74) is -0.833. The van der Waals surface area contributed by atoms with E-state index in [1.165, 1.54) is 0 Å². The SMILES string of the molecule is CCOC(=O)C12CCC(C1)NC2=O. The van der Waals surface area contributed by atoms with Crippen molar-refractivity contribution in [2.24, 2.45) is 5.41 Å². The lowest BCUT2D eigenvalue weighted by Gasteiger charge is -2.21. The molecule has 0 spiro atoms. The predicted octanol–water partition coefficient (Wildman–Crippen LogP) is 0.218. The minimum atomic E-state index is -0.833. The van der Waals surface area contributed by atoms with Gasteiger partial charge in [-0.3, -0.25) is 9.59 Å². The van der Waals surface area contributed by atoms with Crippen LogP contribution < -0.4 is 5.32 Å². The highest BCUT2D eigenvalue weighted by atomic mass is 16.5. The Morgan fingerprint density at radius 1 is 1.77 bits per heavy atom. The second-order valence-electron chi connectivity index (χ2n) is 3.72. The van der Waals surface area contributed by atoms with E-state index in [2.05, 4.69) is 5.32 Å². The lowest BCUT2D eigenvalue weighted by Crippen LogP contribution is -2.42. The molecular weight excluding hydrogens is 170 g/mol. The summed E-state index contributed by atoms with van der Waals surface area (Å²) in [6.07, 6.45) is 2.19. The van der Waals surface area contributed by atoms with Crippen molar-refractivity contribution in [1.82, 2.24) is 5.32 Å². The van der Waals surface area contributed by atoms with Crippen LogP contribution in [-0.4, -0.2) is 24.5 Å². The standard InChI is InChI=1S/C9H13NO3/c1-2-13-8(12)9-4-3-6(5-9)10-7(9)11/h6H,2-5H2,1H3,(H,10,11). The molecule has 2 aliphatic rings. The number of hydrogen-bond acceptors (Lipinski definition) is 3. The Balaban J connectivity index is 2.19. The van der Waals surface area contributed by atoms with E-state index in [4.69, 9.17) is 4.74 Å². The summed E-state index contributed by atoms with van der Waals surface area (Å²) in [5, 5.41) is 2.79. The molecule has 4 nitrogen and oxygen atoms in total. The molecule has 1 aliphatic carbocycles. The van der Waals surface area contributed by atoms with E-state index in [0.29, 0.717) is 19.4 Å². The number of nitrogens with one attached hydrogen (secondary N) is 1. The van der Waals surface area contributed by atoms with E-state index in [0.717, 1.165) is 6.42 Å². The van der Waals surface area contributed by atoms with E-state index in [-0.39, 0.29) is 17.9 Å². The third-order valence-electron chi connectivity index (χ3n) is 2.95. The molecule has 1 amide bonds. The average Bonchev–Trinajstić information content (AvgIpc) is 2.62. The largest absolute Gasteiger partial charge is 0.465 e. The quantitative estimate of drug-likeness (QED) is 0.492. The highest BCUT2D eigenvalue weighted by Crippen LogP contribution is 2.44. The van der Waals surface area contributed by atoms with Gasteiger partial charge in [-0.1, -0.05) is 0 Å². The Morgan fingerprint density at radius 2 is 2.54 bits per heavy atom. The van der Waals surface area contributed by atoms with E-state index < -0.39 is 5.41 Å². The molecule has 2 unspecified atom stereocenters. The molecule has 1 saturated carbocycles. The number of carbonyl (C=O) groups excluding carboxylic acids is 2. The number of amides is 1. The van der Waals surface area contributed by atoms with Crippen LogP contribution in [0.1, 0.15) is 26.2 Å². The van der Waals surface area contributed by atoms with Gasteiger partial charge in [-0.2, -0.15) is 0 Å². The molecule has 13 heavy (non-hydrogen) atoms. The van der Waals surface area contributed by atoms with Crippen LogP contribution in [0.15, 0.2) is 0 Å². The van der Waals surface area contributed by atoms with Crippen molar-refractivity contribution in [3.05, 3.63) is 0 Å². The summed E-state index contributed by atoms with van der Waals surface area (Å²) in [6, 6.07) is 0.205. The lowest BCUT2D eigenvalue weighted by atomic mass is 9.87. The second-order valence-corrected chi connectivity index (χ2v) is 3.72. The first kappa shape index (κ1) is 8.53. The predicted molar refractivity (Wildman–Crippen MR) is 44.8 cm³/mol. The van der Waals surface area contributed by atoms with Gasteiger partial charge in [0, 0.05) is 6.04 Å². The molecule has 2 rings (SSSR count). The first-order valence-electron chi connectivity index (χ1n) is 4.67. The second kappa shape index (κ2) is 2.72. The maximum absolute atomic E-state index is 11.6. The molecule has 1 N–H and O–H groups in total. The number of carbonyl (C=O) groups is 2. The summed E-state index contributed by atoms with van der Waals surface area (Å²) < 4.78 is 4.92. The molecule has 4 heteroatoms. The van der Waals surface area contributed by atoms with Crippen LogP contribution >= 0.6 is 0 Å². The smallest absolute Gasteiger partial charge is 0.321 e. The van der Waals surface area contributed by atoms with Crippen LogP contribution in [0.5, 0.6) is 0 Å². The number of rotatable bonds is 2. The molecule has 2 fully saturated rings. The molecule has 1 heterocycles. The van der Waals surface area contributed by atoms with Crippen molar-refractivity contribution in [3.8, 4) is 0 Å². The van der Waals surface area contributed by atoms with Crippen molar-refractivity contribution in [2.45, 2.75) is 32.2 Å². The Morgan fingerprint density at radius 3 is 3.00 bits per heavy atom. The van der Waals surface area contributed by atoms with Crippen molar-refractivity contribution in [1.29, 1.82) is 0 Å². The minimum absolute atomic E-state index is 0.137. The number of piperidine rings is 1. The number of hydrogen-bond donors (Lipinski definition) is 1. The Bertz CT molecular complexity index is 264. The number of esters is 1. The van der Waals surface area contributed by atoms with Crippen LogP contribution in [0.25, 0.3) is 0 Å². The zero-order chi connectivity index (χ0) is 9.47. The van der Waals surface area contributed by atoms with Crippen LogP contribution in [0, 0.1) is 5.41 Å². The Labute approximate surface area is 76.6 Å². The van der Waals surface area contributed by atoms with E-state index >= 15 is 0 Å². The fraction of sp³-hybridized carbons (Fsp3) is 0.778. The fourth-order valence-corrected chi connectivity index (χ4v) is 2.25. The number of ether oxygens (including phenoxy) is 1. The molecule has 0 aromatic rings. The van der Waals surface area contributed by atoms with Crippen molar-refractivity contribution >= 4 is 11.9 Å². The topological polar surface area (TPSA) is 55.4 Å². The van der Waals surface area contributed by atoms with Gasteiger partial charge in [0.25, 0.3) is 0 Å². The molecule has 2 bridgehead atoms. The first-order valence-corrected chi connectivity index (χ1v) is 4.67. The van der Waals surface area contributed by atoms with Gasteiger partial charge in [0.2, 0.25) is 5.91 Å². The van der Waals surface area contributed by atoms with Gasteiger partial charge in [0.15, 0.2) is 0 Å². The molecule has 0 aromatic carbocycles. The summed E-state index contributed by atoms with van der Waals surface area (Å²) in [6.45, 7) is 2.10. The van der Waals surface area contributed by atoms with Crippen molar-refractivity contribution in [2.75, 3.05) is 6.61 Å². The van der Waals surface area contributed by atoms with Crippen molar-refractivity contribution < 1.29 is 14.3 Å². The minimum Gasteiger partial charge on any atom is -0.465 e. The summed E-state index contributed by atoms with van der Waals surface area (Å²) in [7, 11) is 0. The third-order valence-corrected chi connectivity index (χ3v) is 2.95. The van der Waals surface area contributed by atoms with Gasteiger partial charge in [-0.05, 0) is 26.2 Å². The highest BCUT2D eigenvalue weighted by Gasteiger charge is 2.58. The zero-order valence-electron chi connectivity index (χ0n) is 7.63. The Hall–Kier alpha value is -1.06. The third kappa shape index (κ3) is 1.04. The molecule has 1 saturated heterocycles. The van der Waals surface area contributed by atoms with Crippen LogP contribution in [0.4, 0.5) is 0 Å². The molecule has 72 valence electrons. The van der Waals surface area contributed by atoms with Gasteiger partial charge in [-0.15, -0.1) is 0 Å². The van der Waals surface area contributed by atoms with Crippen LogP contribution in [0.3, 0.4) is 0 Å². The highest BCUT2D eigenvalue weighted by molar-refractivity contribution is 6.05. The molecule has 1 aliphatic heterocycles. The van der Waals surface area contributed by atoms with E-state index in [9.17, 15) is 9.59 Å². The van der Waals surface area contributed by atoms with E-state index in [1.807, 2.05) is 0 Å². The molecule has 2 atom stereocenters. The monoisotopic (exact) mass is 183 g/mol. The normalized spacial score (nSPS) is 36.1. The fourth-order valence-electron chi connectivity index (χ4n) is 2.25. The maximum Gasteiger partial charge on any atom is 0.321 e.